The van der Waals surface area contributed by atoms with Gasteiger partial charge in [0.25, 0.3) is 6.43 Å². The molecule has 2 aromatic heterocycles. The molecule has 0 fully saturated rings. The van der Waals surface area contributed by atoms with Crippen molar-refractivity contribution in [2.45, 2.75) is 33.2 Å². The van der Waals surface area contributed by atoms with Crippen molar-refractivity contribution < 1.29 is 13.6 Å². The third-order valence-corrected chi connectivity index (χ3v) is 5.18. The van der Waals surface area contributed by atoms with Gasteiger partial charge in [-0.1, -0.05) is 55.5 Å². The van der Waals surface area contributed by atoms with Crippen molar-refractivity contribution in [3.05, 3.63) is 77.5 Å². The topological polar surface area (TPSA) is 59.8 Å². The van der Waals surface area contributed by atoms with E-state index in [0.717, 1.165) is 23.2 Å². The Morgan fingerprint density at radius 2 is 1.81 bits per heavy atom. The molecule has 7 heteroatoms. The van der Waals surface area contributed by atoms with Gasteiger partial charge in [0.1, 0.15) is 6.54 Å². The largest absolute Gasteiger partial charge is 0.324 e. The summed E-state index contributed by atoms with van der Waals surface area (Å²) in [5.74, 6) is -0.296. The Morgan fingerprint density at radius 1 is 1.10 bits per heavy atom. The number of alkyl halides is 2. The monoisotopic (exact) mass is 420 g/mol. The third kappa shape index (κ3) is 4.17. The summed E-state index contributed by atoms with van der Waals surface area (Å²) in [6.07, 6.45) is -1.91. The average Bonchev–Trinajstić information content (AvgIpc) is 3.09. The first-order chi connectivity index (χ1) is 15.0. The maximum atomic E-state index is 13.9. The first-order valence-electron chi connectivity index (χ1n) is 10.1. The Labute approximate surface area is 178 Å². The highest BCUT2D eigenvalue weighted by Crippen LogP contribution is 2.33. The van der Waals surface area contributed by atoms with Gasteiger partial charge >= 0.3 is 0 Å². The lowest BCUT2D eigenvalue weighted by molar-refractivity contribution is -0.116. The van der Waals surface area contributed by atoms with E-state index >= 15 is 0 Å². The van der Waals surface area contributed by atoms with Crippen LogP contribution in [-0.4, -0.2) is 20.7 Å². The van der Waals surface area contributed by atoms with Crippen molar-refractivity contribution in [1.82, 2.24) is 14.8 Å². The minimum absolute atomic E-state index is 0.129. The van der Waals surface area contributed by atoms with Crippen LogP contribution in [0.5, 0.6) is 0 Å². The van der Waals surface area contributed by atoms with Crippen molar-refractivity contribution in [3.8, 4) is 11.3 Å². The highest BCUT2D eigenvalue weighted by Gasteiger charge is 2.22. The van der Waals surface area contributed by atoms with Gasteiger partial charge in [0.15, 0.2) is 5.65 Å². The molecule has 158 valence electrons. The predicted octanol–water partition coefficient (Wildman–Crippen LogP) is 5.55. The fourth-order valence-electron chi connectivity index (χ4n) is 3.70. The summed E-state index contributed by atoms with van der Waals surface area (Å²) >= 11 is 0. The Hall–Kier alpha value is -3.61. The van der Waals surface area contributed by atoms with E-state index in [4.69, 9.17) is 0 Å². The Balaban J connectivity index is 1.74. The molecule has 2 heterocycles. The van der Waals surface area contributed by atoms with Crippen LogP contribution >= 0.6 is 0 Å². The fraction of sp³-hybridized carbons (Fsp3) is 0.208. The number of pyridine rings is 1. The number of rotatable bonds is 6. The van der Waals surface area contributed by atoms with Crippen molar-refractivity contribution in [2.24, 2.45) is 0 Å². The Bertz CT molecular complexity index is 1240. The van der Waals surface area contributed by atoms with Crippen molar-refractivity contribution in [3.63, 3.8) is 0 Å². The van der Waals surface area contributed by atoms with Crippen LogP contribution in [0.3, 0.4) is 0 Å². The number of carbonyl (C=O) groups is 1. The van der Waals surface area contributed by atoms with E-state index in [9.17, 15) is 13.6 Å². The number of aryl methyl sites for hydroxylation is 2. The average molecular weight is 420 g/mol. The molecule has 31 heavy (non-hydrogen) atoms. The summed E-state index contributed by atoms with van der Waals surface area (Å²) in [7, 11) is 0. The molecule has 0 aliphatic rings. The second-order valence-corrected chi connectivity index (χ2v) is 7.26. The van der Waals surface area contributed by atoms with Gasteiger partial charge < -0.3 is 5.32 Å². The van der Waals surface area contributed by atoms with Crippen LogP contribution in [0, 0.1) is 6.92 Å². The van der Waals surface area contributed by atoms with Crippen molar-refractivity contribution >= 4 is 22.6 Å². The van der Waals surface area contributed by atoms with Gasteiger partial charge in [0.05, 0.1) is 16.8 Å². The van der Waals surface area contributed by atoms with E-state index in [1.54, 1.807) is 6.92 Å². The lowest BCUT2D eigenvalue weighted by Gasteiger charge is -2.11. The molecular weight excluding hydrogens is 398 g/mol. The first-order valence-corrected chi connectivity index (χ1v) is 10.1. The number of nitrogens with one attached hydrogen (secondary N) is 1. The highest BCUT2D eigenvalue weighted by molar-refractivity contribution is 5.93. The third-order valence-electron chi connectivity index (χ3n) is 5.18. The molecule has 0 spiro atoms. The van der Waals surface area contributed by atoms with E-state index in [1.165, 1.54) is 10.7 Å². The Kier molecular flexibility index (Phi) is 5.75. The van der Waals surface area contributed by atoms with Gasteiger partial charge in [-0.3, -0.25) is 4.79 Å². The molecular formula is C24H22F2N4O. The van der Waals surface area contributed by atoms with Gasteiger partial charge in [-0.2, -0.15) is 5.10 Å². The van der Waals surface area contributed by atoms with Gasteiger partial charge in [-0.05, 0) is 31.0 Å². The number of hydrogen-bond donors (Lipinski definition) is 1. The highest BCUT2D eigenvalue weighted by atomic mass is 19.3. The molecule has 0 saturated carbocycles. The van der Waals surface area contributed by atoms with Crippen LogP contribution in [0.2, 0.25) is 0 Å². The molecule has 0 unspecified atom stereocenters. The number of benzene rings is 2. The smallest absolute Gasteiger partial charge is 0.264 e. The van der Waals surface area contributed by atoms with E-state index in [-0.39, 0.29) is 29.0 Å². The number of aromatic nitrogens is 3. The molecule has 0 saturated heterocycles. The Morgan fingerprint density at radius 3 is 2.52 bits per heavy atom. The zero-order valence-electron chi connectivity index (χ0n) is 17.3. The minimum atomic E-state index is -2.69. The quantitative estimate of drug-likeness (QED) is 0.445. The predicted molar refractivity (Wildman–Crippen MR) is 117 cm³/mol. The molecule has 0 aliphatic heterocycles. The van der Waals surface area contributed by atoms with Gasteiger partial charge in [-0.25, -0.2) is 18.4 Å². The van der Waals surface area contributed by atoms with Gasteiger partial charge in [0.2, 0.25) is 5.91 Å². The number of nitrogens with zero attached hydrogens (tertiary/aromatic N) is 3. The molecule has 5 nitrogen and oxygen atoms in total. The molecule has 1 amide bonds. The SMILES string of the molecule is CCc1ccccc1NC(=O)Cn1nc(C)c2c(C(F)F)cc(-c3ccccc3)nc21. The summed E-state index contributed by atoms with van der Waals surface area (Å²) in [4.78, 5) is 17.3. The number of halogens is 2. The van der Waals surface area contributed by atoms with E-state index < -0.39 is 6.43 Å². The summed E-state index contributed by atoms with van der Waals surface area (Å²) in [6, 6.07) is 18.1. The van der Waals surface area contributed by atoms with Crippen LogP contribution in [0.4, 0.5) is 14.5 Å². The summed E-state index contributed by atoms with van der Waals surface area (Å²) in [6.45, 7) is 3.53. The lowest BCUT2D eigenvalue weighted by atomic mass is 10.1. The van der Waals surface area contributed by atoms with Crippen molar-refractivity contribution in [2.75, 3.05) is 5.32 Å². The van der Waals surface area contributed by atoms with Crippen LogP contribution in [0.25, 0.3) is 22.3 Å². The van der Waals surface area contributed by atoms with Crippen LogP contribution in [0.1, 0.15) is 30.2 Å². The van der Waals surface area contributed by atoms with Crippen molar-refractivity contribution in [1.29, 1.82) is 0 Å². The van der Waals surface area contributed by atoms with E-state index in [0.29, 0.717) is 11.4 Å². The lowest BCUT2D eigenvalue weighted by Crippen LogP contribution is -2.20. The summed E-state index contributed by atoms with van der Waals surface area (Å²) in [5, 5.41) is 7.53. The normalized spacial score (nSPS) is 11.3. The number of hydrogen-bond acceptors (Lipinski definition) is 3. The number of fused-ring (bicyclic) bond motifs is 1. The first kappa shape index (κ1) is 20.7. The van der Waals surface area contributed by atoms with E-state index in [1.807, 2.05) is 61.5 Å². The van der Waals surface area contributed by atoms with E-state index in [2.05, 4.69) is 15.4 Å². The second kappa shape index (κ2) is 8.63. The zero-order valence-corrected chi connectivity index (χ0v) is 17.3. The molecule has 4 aromatic rings. The second-order valence-electron chi connectivity index (χ2n) is 7.26. The molecule has 0 bridgehead atoms. The summed E-state index contributed by atoms with van der Waals surface area (Å²) in [5.41, 5.74) is 3.44. The fourth-order valence-corrected chi connectivity index (χ4v) is 3.70. The molecule has 0 aliphatic carbocycles. The number of amides is 1. The maximum absolute atomic E-state index is 13.9. The van der Waals surface area contributed by atoms with Gasteiger partial charge in [0, 0.05) is 16.8 Å². The molecule has 1 N–H and O–H groups in total. The standard InChI is InChI=1S/C24H22F2N4O/c1-3-16-9-7-8-12-19(16)27-21(31)14-30-24-22(15(2)29-30)18(23(25)26)13-20(28-24)17-10-5-4-6-11-17/h4-13,23H,3,14H2,1-2H3,(H,27,31). The molecule has 0 atom stereocenters. The molecule has 4 rings (SSSR count). The molecule has 2 aromatic carbocycles. The number of anilines is 1. The number of para-hydroxylation sites is 1. The molecule has 0 radical (unpaired) electrons. The van der Waals surface area contributed by atoms with Crippen LogP contribution in [0.15, 0.2) is 60.7 Å². The maximum Gasteiger partial charge on any atom is 0.264 e. The number of carbonyl (C=O) groups excluding carboxylic acids is 1. The van der Waals surface area contributed by atoms with Crippen LogP contribution in [-0.2, 0) is 17.8 Å². The van der Waals surface area contributed by atoms with Gasteiger partial charge in [-0.15, -0.1) is 0 Å². The summed E-state index contributed by atoms with van der Waals surface area (Å²) < 4.78 is 29.1. The minimum Gasteiger partial charge on any atom is -0.324 e. The van der Waals surface area contributed by atoms with Crippen LogP contribution < -0.4 is 5.32 Å². The zero-order chi connectivity index (χ0) is 22.0.